The SMILES string of the molecule is Cc1ccc(SCCNC(=O)C(N)Cc2ccccc2)cc1.Cl. The Morgan fingerprint density at radius 3 is 2.43 bits per heavy atom. The minimum atomic E-state index is -0.494. The van der Waals surface area contributed by atoms with Gasteiger partial charge in [0.05, 0.1) is 6.04 Å². The fourth-order valence-electron chi connectivity index (χ4n) is 2.07. The smallest absolute Gasteiger partial charge is 0.237 e. The van der Waals surface area contributed by atoms with Gasteiger partial charge in [-0.1, -0.05) is 48.0 Å². The van der Waals surface area contributed by atoms with E-state index < -0.39 is 6.04 Å². The Balaban J connectivity index is 0.00000264. The zero-order chi connectivity index (χ0) is 15.8. The molecule has 124 valence electrons. The van der Waals surface area contributed by atoms with Gasteiger partial charge in [0.2, 0.25) is 5.91 Å². The normalized spacial score (nSPS) is 11.4. The molecule has 2 aromatic rings. The lowest BCUT2D eigenvalue weighted by Gasteiger charge is -2.12. The predicted molar refractivity (Wildman–Crippen MR) is 100 cm³/mol. The molecule has 0 radical (unpaired) electrons. The van der Waals surface area contributed by atoms with Crippen molar-refractivity contribution in [3.8, 4) is 0 Å². The maximum Gasteiger partial charge on any atom is 0.237 e. The number of thioether (sulfide) groups is 1. The van der Waals surface area contributed by atoms with Crippen LogP contribution in [0.2, 0.25) is 0 Å². The molecule has 5 heteroatoms. The Kier molecular flexibility index (Phi) is 8.77. The number of halogens is 1. The molecule has 0 saturated heterocycles. The zero-order valence-electron chi connectivity index (χ0n) is 13.2. The van der Waals surface area contributed by atoms with Crippen LogP contribution in [0.3, 0.4) is 0 Å². The van der Waals surface area contributed by atoms with Crippen LogP contribution in [0, 0.1) is 6.92 Å². The lowest BCUT2D eigenvalue weighted by Crippen LogP contribution is -2.42. The standard InChI is InChI=1S/C18H22N2OS.ClH/c1-14-7-9-16(10-8-14)22-12-11-20-18(21)17(19)13-15-5-3-2-4-6-15;/h2-10,17H,11-13,19H2,1H3,(H,20,21);1H. The summed E-state index contributed by atoms with van der Waals surface area (Å²) in [6.07, 6.45) is 0.567. The van der Waals surface area contributed by atoms with Gasteiger partial charge in [0.1, 0.15) is 0 Å². The van der Waals surface area contributed by atoms with Gasteiger partial charge in [-0.3, -0.25) is 4.79 Å². The van der Waals surface area contributed by atoms with Gasteiger partial charge in [-0.25, -0.2) is 0 Å². The van der Waals surface area contributed by atoms with Crippen molar-refractivity contribution in [3.63, 3.8) is 0 Å². The van der Waals surface area contributed by atoms with Crippen LogP contribution in [0.15, 0.2) is 59.5 Å². The molecule has 2 rings (SSSR count). The predicted octanol–water partition coefficient (Wildman–Crippen LogP) is 3.20. The molecule has 0 aromatic heterocycles. The highest BCUT2D eigenvalue weighted by atomic mass is 35.5. The van der Waals surface area contributed by atoms with E-state index in [1.54, 1.807) is 11.8 Å². The summed E-state index contributed by atoms with van der Waals surface area (Å²) in [6, 6.07) is 17.7. The van der Waals surface area contributed by atoms with Crippen LogP contribution in [0.4, 0.5) is 0 Å². The maximum atomic E-state index is 12.0. The van der Waals surface area contributed by atoms with E-state index in [1.807, 2.05) is 30.3 Å². The van der Waals surface area contributed by atoms with Crippen LogP contribution >= 0.6 is 24.2 Å². The van der Waals surface area contributed by atoms with Gasteiger partial charge in [-0.2, -0.15) is 0 Å². The first-order valence-corrected chi connectivity index (χ1v) is 8.40. The van der Waals surface area contributed by atoms with Crippen molar-refractivity contribution < 1.29 is 4.79 Å². The molecule has 0 aliphatic heterocycles. The molecule has 1 atom stereocenters. The quantitative estimate of drug-likeness (QED) is 0.595. The number of nitrogens with one attached hydrogen (secondary N) is 1. The van der Waals surface area contributed by atoms with Gasteiger partial charge in [0.15, 0.2) is 0 Å². The second-order valence-electron chi connectivity index (χ2n) is 5.25. The molecule has 3 nitrogen and oxygen atoms in total. The Hall–Kier alpha value is -1.49. The van der Waals surface area contributed by atoms with Gasteiger partial charge in [0, 0.05) is 17.2 Å². The summed E-state index contributed by atoms with van der Waals surface area (Å²) in [5.74, 6) is 0.751. The van der Waals surface area contributed by atoms with Crippen molar-refractivity contribution in [1.82, 2.24) is 5.32 Å². The number of carbonyl (C=O) groups excluding carboxylic acids is 1. The Labute approximate surface area is 148 Å². The first-order chi connectivity index (χ1) is 10.6. The average molecular weight is 351 g/mol. The maximum absolute atomic E-state index is 12.0. The molecule has 0 spiro atoms. The monoisotopic (exact) mass is 350 g/mol. The van der Waals surface area contributed by atoms with Crippen LogP contribution in [0.25, 0.3) is 0 Å². The molecule has 2 aromatic carbocycles. The zero-order valence-corrected chi connectivity index (χ0v) is 14.8. The molecular formula is C18H23ClN2OS. The van der Waals surface area contributed by atoms with Crippen molar-refractivity contribution in [3.05, 3.63) is 65.7 Å². The summed E-state index contributed by atoms with van der Waals surface area (Å²) in [5.41, 5.74) is 8.28. The fourth-order valence-corrected chi connectivity index (χ4v) is 2.84. The molecule has 3 N–H and O–H groups in total. The van der Waals surface area contributed by atoms with Crippen molar-refractivity contribution >= 4 is 30.1 Å². The second-order valence-corrected chi connectivity index (χ2v) is 6.42. The van der Waals surface area contributed by atoms with Crippen LogP contribution in [0.5, 0.6) is 0 Å². The van der Waals surface area contributed by atoms with E-state index in [-0.39, 0.29) is 18.3 Å². The number of hydrogen-bond donors (Lipinski definition) is 2. The molecule has 1 amide bonds. The Morgan fingerprint density at radius 2 is 1.78 bits per heavy atom. The van der Waals surface area contributed by atoms with Crippen molar-refractivity contribution in [2.45, 2.75) is 24.3 Å². The highest BCUT2D eigenvalue weighted by molar-refractivity contribution is 7.99. The highest BCUT2D eigenvalue weighted by Gasteiger charge is 2.13. The van der Waals surface area contributed by atoms with E-state index in [0.29, 0.717) is 13.0 Å². The van der Waals surface area contributed by atoms with Gasteiger partial charge in [0.25, 0.3) is 0 Å². The molecule has 0 bridgehead atoms. The Bertz CT molecular complexity index is 590. The highest BCUT2D eigenvalue weighted by Crippen LogP contribution is 2.17. The second kappa shape index (κ2) is 10.3. The topological polar surface area (TPSA) is 55.1 Å². The average Bonchev–Trinajstić information content (AvgIpc) is 2.54. The van der Waals surface area contributed by atoms with E-state index in [0.717, 1.165) is 11.3 Å². The van der Waals surface area contributed by atoms with Gasteiger partial charge in [-0.05, 0) is 31.0 Å². The number of hydrogen-bond acceptors (Lipinski definition) is 3. The molecule has 0 aliphatic carbocycles. The Morgan fingerprint density at radius 1 is 1.13 bits per heavy atom. The summed E-state index contributed by atoms with van der Waals surface area (Å²) in [4.78, 5) is 13.2. The summed E-state index contributed by atoms with van der Waals surface area (Å²) >= 11 is 1.73. The van der Waals surface area contributed by atoms with Crippen molar-refractivity contribution in [1.29, 1.82) is 0 Å². The lowest BCUT2D eigenvalue weighted by atomic mass is 10.1. The number of amides is 1. The summed E-state index contributed by atoms with van der Waals surface area (Å²) in [7, 11) is 0. The van der Waals surface area contributed by atoms with Crippen LogP contribution in [-0.2, 0) is 11.2 Å². The summed E-state index contributed by atoms with van der Waals surface area (Å²) < 4.78 is 0. The van der Waals surface area contributed by atoms with Crippen molar-refractivity contribution in [2.24, 2.45) is 5.73 Å². The van der Waals surface area contributed by atoms with Gasteiger partial charge >= 0.3 is 0 Å². The summed E-state index contributed by atoms with van der Waals surface area (Å²) in [6.45, 7) is 2.70. The molecule has 0 heterocycles. The van der Waals surface area contributed by atoms with Gasteiger partial charge < -0.3 is 11.1 Å². The molecule has 1 unspecified atom stereocenters. The lowest BCUT2D eigenvalue weighted by molar-refractivity contribution is -0.122. The summed E-state index contributed by atoms with van der Waals surface area (Å²) in [5, 5.41) is 2.90. The largest absolute Gasteiger partial charge is 0.354 e. The van der Waals surface area contributed by atoms with Crippen LogP contribution in [-0.4, -0.2) is 24.2 Å². The van der Waals surface area contributed by atoms with E-state index >= 15 is 0 Å². The van der Waals surface area contributed by atoms with Crippen LogP contribution < -0.4 is 11.1 Å². The minimum absolute atomic E-state index is 0. The first kappa shape index (κ1) is 19.6. The number of carbonyl (C=O) groups is 1. The van der Waals surface area contributed by atoms with Gasteiger partial charge in [-0.15, -0.1) is 24.2 Å². The molecule has 0 fully saturated rings. The number of aryl methyl sites for hydroxylation is 1. The molecule has 0 saturated carbocycles. The van der Waals surface area contributed by atoms with E-state index in [9.17, 15) is 4.79 Å². The number of nitrogens with two attached hydrogens (primary N) is 1. The number of rotatable bonds is 7. The number of benzene rings is 2. The van der Waals surface area contributed by atoms with Crippen molar-refractivity contribution in [2.75, 3.05) is 12.3 Å². The minimum Gasteiger partial charge on any atom is -0.354 e. The van der Waals surface area contributed by atoms with E-state index in [2.05, 4.69) is 36.5 Å². The third-order valence-corrected chi connectivity index (χ3v) is 4.34. The molecule has 23 heavy (non-hydrogen) atoms. The third kappa shape index (κ3) is 7.08. The van der Waals surface area contributed by atoms with E-state index in [4.69, 9.17) is 5.73 Å². The third-order valence-electron chi connectivity index (χ3n) is 3.33. The van der Waals surface area contributed by atoms with Crippen LogP contribution in [0.1, 0.15) is 11.1 Å². The molecule has 0 aliphatic rings. The first-order valence-electron chi connectivity index (χ1n) is 7.42. The van der Waals surface area contributed by atoms with E-state index in [1.165, 1.54) is 10.5 Å². The fraction of sp³-hybridized carbons (Fsp3) is 0.278. The molecular weight excluding hydrogens is 328 g/mol.